The van der Waals surface area contributed by atoms with E-state index < -0.39 is 47.0 Å². The lowest BCUT2D eigenvalue weighted by molar-refractivity contribution is -0.183. The quantitative estimate of drug-likeness (QED) is 0.173. The number of rotatable bonds is 3. The molecule has 3 aliphatic heterocycles. The van der Waals surface area contributed by atoms with E-state index in [9.17, 15) is 24.3 Å². The highest BCUT2D eigenvalue weighted by molar-refractivity contribution is 5.96. The molecule has 294 valence electrons. The minimum absolute atomic E-state index is 0.000361. The van der Waals surface area contributed by atoms with Gasteiger partial charge >= 0.3 is 17.9 Å². The molecule has 5 rings (SSSR count). The standard InChI is InChI=1S/C44H64O9/c1-25(2)39-36(50-30(7)45)22-27(4)13-11-12-26(3)20-32(47)24-44-34-21-28(5)14-15-38(51-31(8)46)43(10)19-17-37(53-43)42(9,49)18-16-33(34)29(6)23-35(44)40(39)52-41(44)48/h13,20-21,25,34-40,49H,11-12,14-19,22-24H2,1-10H3/b26-20+,27-13+,28-21+/t34-,35-,36-,37-,38+,39-,40-,42-,43+,44-/m0/s1. The van der Waals surface area contributed by atoms with Crippen molar-refractivity contribution in [1.29, 1.82) is 0 Å². The number of carbonyl (C=O) groups excluding carboxylic acids is 4. The van der Waals surface area contributed by atoms with Crippen molar-refractivity contribution in [3.8, 4) is 0 Å². The second-order valence-electron chi connectivity index (χ2n) is 17.9. The molecule has 0 unspecified atom stereocenters. The Balaban J connectivity index is 1.70. The largest absolute Gasteiger partial charge is 0.462 e. The minimum Gasteiger partial charge on any atom is -0.462 e. The van der Waals surface area contributed by atoms with Gasteiger partial charge < -0.3 is 24.1 Å². The maximum absolute atomic E-state index is 15.0. The fourth-order valence-corrected chi connectivity index (χ4v) is 10.4. The van der Waals surface area contributed by atoms with Gasteiger partial charge in [-0.1, -0.05) is 53.9 Å². The first-order valence-electron chi connectivity index (χ1n) is 19.9. The minimum atomic E-state index is -1.21. The Morgan fingerprint density at radius 1 is 0.906 bits per heavy atom. The lowest BCUT2D eigenvalue weighted by Gasteiger charge is -2.46. The van der Waals surface area contributed by atoms with Gasteiger partial charge in [0.1, 0.15) is 23.9 Å². The summed E-state index contributed by atoms with van der Waals surface area (Å²) >= 11 is 0. The van der Waals surface area contributed by atoms with Crippen molar-refractivity contribution in [3.05, 3.63) is 46.1 Å². The molecule has 0 aromatic carbocycles. The Kier molecular flexibility index (Phi) is 12.4. The van der Waals surface area contributed by atoms with Crippen LogP contribution in [0.5, 0.6) is 0 Å². The first-order chi connectivity index (χ1) is 24.8. The maximum atomic E-state index is 15.0. The highest BCUT2D eigenvalue weighted by atomic mass is 16.6. The van der Waals surface area contributed by atoms with Crippen LogP contribution < -0.4 is 0 Å². The summed E-state index contributed by atoms with van der Waals surface area (Å²) in [5.41, 5.74) is 2.10. The van der Waals surface area contributed by atoms with Gasteiger partial charge in [0.15, 0.2) is 5.78 Å². The third-order valence-electron chi connectivity index (χ3n) is 13.2. The fraction of sp³-hybridized carbons (Fsp3) is 0.727. The van der Waals surface area contributed by atoms with Gasteiger partial charge in [-0.3, -0.25) is 19.2 Å². The molecular formula is C44H64O9. The smallest absolute Gasteiger partial charge is 0.314 e. The number of ether oxygens (including phenoxy) is 4. The lowest BCUT2D eigenvalue weighted by atomic mass is 9.53. The highest BCUT2D eigenvalue weighted by Crippen LogP contribution is 2.61. The zero-order chi connectivity index (χ0) is 39.0. The molecule has 2 fully saturated rings. The summed E-state index contributed by atoms with van der Waals surface area (Å²) in [6.07, 6.45) is 9.77. The van der Waals surface area contributed by atoms with E-state index in [0.29, 0.717) is 57.8 Å². The maximum Gasteiger partial charge on any atom is 0.314 e. The summed E-state index contributed by atoms with van der Waals surface area (Å²) < 4.78 is 25.2. The molecule has 2 saturated heterocycles. The summed E-state index contributed by atoms with van der Waals surface area (Å²) in [5.74, 6) is -2.37. The zero-order valence-corrected chi connectivity index (χ0v) is 33.8. The van der Waals surface area contributed by atoms with Crippen molar-refractivity contribution in [2.45, 2.75) is 175 Å². The van der Waals surface area contributed by atoms with Crippen LogP contribution in [0.4, 0.5) is 0 Å². The van der Waals surface area contributed by atoms with E-state index in [1.807, 2.05) is 34.6 Å². The molecule has 0 saturated carbocycles. The third kappa shape index (κ3) is 8.61. The molecule has 1 N–H and O–H groups in total. The van der Waals surface area contributed by atoms with Gasteiger partial charge in [-0.05, 0) is 111 Å². The summed E-state index contributed by atoms with van der Waals surface area (Å²) in [6.45, 7) is 19.0. The van der Waals surface area contributed by atoms with E-state index in [4.69, 9.17) is 18.9 Å². The Hall–Kier alpha value is -3.04. The third-order valence-corrected chi connectivity index (χ3v) is 13.2. The van der Waals surface area contributed by atoms with E-state index in [1.54, 1.807) is 6.08 Å². The SMILES string of the molecule is CC(=O)O[C@H]1C/C(C)=C/CC/C(C)=C/C(=O)C[C@@]23C(=O)O[C@H]([C@H]1C(C)C)[C@@H]2CC(C)=C1CC[C@](C)(O)[C@@H]2CC[C@@](C)(O2)[C@H](OC(C)=O)CC/C(C)=C/[C@@H]13. The second-order valence-corrected chi connectivity index (χ2v) is 17.9. The molecule has 9 nitrogen and oxygen atoms in total. The van der Waals surface area contributed by atoms with E-state index in [1.165, 1.54) is 13.8 Å². The monoisotopic (exact) mass is 736 g/mol. The van der Waals surface area contributed by atoms with Crippen molar-refractivity contribution in [2.24, 2.45) is 29.1 Å². The van der Waals surface area contributed by atoms with E-state index >= 15 is 0 Å². The Morgan fingerprint density at radius 2 is 1.60 bits per heavy atom. The first kappa shape index (κ1) is 41.1. The van der Waals surface area contributed by atoms with Gasteiger partial charge in [-0.25, -0.2) is 0 Å². The van der Waals surface area contributed by atoms with Gasteiger partial charge in [-0.2, -0.15) is 0 Å². The molecule has 5 aliphatic rings. The van der Waals surface area contributed by atoms with Gasteiger partial charge in [0, 0.05) is 44.4 Å². The molecule has 9 heteroatoms. The predicted octanol–water partition coefficient (Wildman–Crippen LogP) is 8.23. The second kappa shape index (κ2) is 16.0. The van der Waals surface area contributed by atoms with Crippen LogP contribution >= 0.6 is 0 Å². The molecular weight excluding hydrogens is 672 g/mol. The first-order valence-corrected chi connectivity index (χ1v) is 19.9. The van der Waals surface area contributed by atoms with Crippen molar-refractivity contribution < 1.29 is 43.2 Å². The van der Waals surface area contributed by atoms with Crippen LogP contribution in [-0.2, 0) is 38.1 Å². The Morgan fingerprint density at radius 3 is 2.26 bits per heavy atom. The van der Waals surface area contributed by atoms with Crippen LogP contribution in [0.1, 0.15) is 140 Å². The number of ketones is 1. The molecule has 0 aromatic heterocycles. The van der Waals surface area contributed by atoms with Crippen molar-refractivity contribution in [1.82, 2.24) is 0 Å². The summed E-state index contributed by atoms with van der Waals surface area (Å²) in [4.78, 5) is 54.2. The van der Waals surface area contributed by atoms with E-state index in [2.05, 4.69) is 32.9 Å². The van der Waals surface area contributed by atoms with Crippen LogP contribution in [0, 0.1) is 29.1 Å². The van der Waals surface area contributed by atoms with Crippen LogP contribution in [0.2, 0.25) is 0 Å². The molecule has 0 spiro atoms. The van der Waals surface area contributed by atoms with Crippen LogP contribution in [0.3, 0.4) is 0 Å². The van der Waals surface area contributed by atoms with E-state index in [-0.39, 0.29) is 47.9 Å². The van der Waals surface area contributed by atoms with Crippen LogP contribution in [0.25, 0.3) is 0 Å². The number of allylic oxidation sites excluding steroid dienone is 7. The van der Waals surface area contributed by atoms with Crippen molar-refractivity contribution in [3.63, 3.8) is 0 Å². The van der Waals surface area contributed by atoms with Gasteiger partial charge in [0.2, 0.25) is 0 Å². The molecule has 2 aliphatic carbocycles. The number of esters is 3. The molecule has 3 heterocycles. The van der Waals surface area contributed by atoms with Crippen LogP contribution in [0.15, 0.2) is 46.1 Å². The Labute approximate surface area is 317 Å². The number of hydrogen-bond acceptors (Lipinski definition) is 9. The molecule has 4 bridgehead atoms. The van der Waals surface area contributed by atoms with E-state index in [0.717, 1.165) is 34.3 Å². The fourth-order valence-electron chi connectivity index (χ4n) is 10.4. The number of aliphatic hydroxyl groups is 1. The van der Waals surface area contributed by atoms with Crippen LogP contribution in [-0.4, -0.2) is 64.4 Å². The normalized spacial score (nSPS) is 41.7. The highest BCUT2D eigenvalue weighted by Gasteiger charge is 2.66. The molecule has 0 aromatic rings. The number of fused-ring (bicyclic) bond motifs is 3. The Bertz CT molecular complexity index is 1580. The summed E-state index contributed by atoms with van der Waals surface area (Å²) in [6, 6.07) is 0. The topological polar surface area (TPSA) is 125 Å². The van der Waals surface area contributed by atoms with Gasteiger partial charge in [0.25, 0.3) is 0 Å². The summed E-state index contributed by atoms with van der Waals surface area (Å²) in [7, 11) is 0. The van der Waals surface area contributed by atoms with Crippen molar-refractivity contribution >= 4 is 23.7 Å². The average Bonchev–Trinajstić information content (AvgIpc) is 3.56. The average molecular weight is 737 g/mol. The lowest BCUT2D eigenvalue weighted by Crippen LogP contribution is -2.49. The molecule has 0 amide bonds. The molecule has 10 atom stereocenters. The van der Waals surface area contributed by atoms with Gasteiger partial charge in [0.05, 0.1) is 17.1 Å². The number of carbonyl (C=O) groups is 4. The number of hydrogen-bond donors (Lipinski definition) is 1. The molecule has 53 heavy (non-hydrogen) atoms. The molecule has 0 radical (unpaired) electrons. The zero-order valence-electron chi connectivity index (χ0n) is 33.8. The van der Waals surface area contributed by atoms with Crippen molar-refractivity contribution in [2.75, 3.05) is 0 Å². The predicted molar refractivity (Wildman–Crippen MR) is 202 cm³/mol. The summed E-state index contributed by atoms with van der Waals surface area (Å²) in [5, 5.41) is 12.0. The van der Waals surface area contributed by atoms with Gasteiger partial charge in [-0.15, -0.1) is 0 Å².